The summed E-state index contributed by atoms with van der Waals surface area (Å²) >= 11 is 5.79. The lowest BCUT2D eigenvalue weighted by atomic mass is 9.87. The molecule has 1 aromatic carbocycles. The van der Waals surface area contributed by atoms with Crippen LogP contribution in [0.5, 0.6) is 5.75 Å². The fourth-order valence-corrected chi connectivity index (χ4v) is 1.93. The Morgan fingerprint density at radius 1 is 1.57 bits per heavy atom. The number of rotatable bonds is 7. The van der Waals surface area contributed by atoms with Crippen molar-refractivity contribution in [1.82, 2.24) is 0 Å². The molecule has 1 rings (SSSR count). The lowest BCUT2D eigenvalue weighted by Gasteiger charge is -2.22. The van der Waals surface area contributed by atoms with E-state index in [2.05, 4.69) is 5.16 Å². The summed E-state index contributed by atoms with van der Waals surface area (Å²) in [7, 11) is 0. The van der Waals surface area contributed by atoms with Crippen molar-refractivity contribution >= 4 is 23.1 Å². The molecule has 21 heavy (non-hydrogen) atoms. The number of nitrogens with zero attached hydrogens (tertiary/aromatic N) is 2. The van der Waals surface area contributed by atoms with Crippen molar-refractivity contribution in [3.8, 4) is 5.75 Å². The predicted octanol–water partition coefficient (Wildman–Crippen LogP) is 3.18. The molecule has 0 spiro atoms. The molecule has 0 radical (unpaired) electrons. The van der Waals surface area contributed by atoms with Crippen LogP contribution in [0.3, 0.4) is 0 Å². The fourth-order valence-electron chi connectivity index (χ4n) is 1.69. The van der Waals surface area contributed by atoms with E-state index in [1.54, 1.807) is 0 Å². The van der Waals surface area contributed by atoms with Crippen LogP contribution in [-0.4, -0.2) is 22.6 Å². The Morgan fingerprint density at radius 2 is 2.24 bits per heavy atom. The van der Waals surface area contributed by atoms with E-state index in [1.165, 1.54) is 18.2 Å². The highest BCUT2D eigenvalue weighted by Crippen LogP contribution is 2.29. The van der Waals surface area contributed by atoms with Crippen molar-refractivity contribution in [2.45, 2.75) is 26.7 Å². The Balaban J connectivity index is 2.50. The molecular weight excluding hydrogens is 298 g/mol. The summed E-state index contributed by atoms with van der Waals surface area (Å²) in [5, 5.41) is 22.3. The molecule has 0 aromatic heterocycles. The molecule has 0 aliphatic carbocycles. The number of halogens is 1. The number of amidine groups is 1. The third-order valence-electron chi connectivity index (χ3n) is 3.13. The summed E-state index contributed by atoms with van der Waals surface area (Å²) in [6.07, 6.45) is 1.35. The highest BCUT2D eigenvalue weighted by molar-refractivity contribution is 6.32. The van der Waals surface area contributed by atoms with Gasteiger partial charge in [-0.25, -0.2) is 0 Å². The highest BCUT2D eigenvalue weighted by Gasteiger charge is 2.23. The summed E-state index contributed by atoms with van der Waals surface area (Å²) in [6, 6.07) is 4.21. The largest absolute Gasteiger partial charge is 0.494 e. The maximum Gasteiger partial charge on any atom is 0.288 e. The van der Waals surface area contributed by atoms with E-state index in [1.807, 2.05) is 13.8 Å². The summed E-state index contributed by atoms with van der Waals surface area (Å²) in [4.78, 5) is 10.1. The molecule has 3 N–H and O–H groups in total. The van der Waals surface area contributed by atoms with Crippen LogP contribution >= 0.6 is 11.6 Å². The minimum absolute atomic E-state index is 0.0366. The minimum Gasteiger partial charge on any atom is -0.494 e. The Bertz CT molecular complexity index is 546. The number of oxime groups is 1. The second kappa shape index (κ2) is 7.12. The lowest BCUT2D eigenvalue weighted by Crippen LogP contribution is -2.32. The highest BCUT2D eigenvalue weighted by atomic mass is 35.5. The first-order valence-electron chi connectivity index (χ1n) is 6.32. The molecule has 0 saturated heterocycles. The van der Waals surface area contributed by atoms with Crippen LogP contribution in [0.4, 0.5) is 5.69 Å². The van der Waals surface area contributed by atoms with Gasteiger partial charge in [-0.2, -0.15) is 0 Å². The van der Waals surface area contributed by atoms with E-state index >= 15 is 0 Å². The van der Waals surface area contributed by atoms with Crippen LogP contribution in [0.25, 0.3) is 0 Å². The van der Waals surface area contributed by atoms with Crippen molar-refractivity contribution < 1.29 is 14.9 Å². The van der Waals surface area contributed by atoms with Crippen LogP contribution in [0.15, 0.2) is 23.4 Å². The Labute approximate surface area is 127 Å². The first kappa shape index (κ1) is 17.0. The molecule has 0 aliphatic heterocycles. The summed E-state index contributed by atoms with van der Waals surface area (Å²) < 4.78 is 5.48. The van der Waals surface area contributed by atoms with Gasteiger partial charge < -0.3 is 15.7 Å². The number of hydrogen-bond acceptors (Lipinski definition) is 5. The molecule has 0 fully saturated rings. The molecular formula is C13H18ClN3O4. The quantitative estimate of drug-likeness (QED) is 0.200. The van der Waals surface area contributed by atoms with Crippen molar-refractivity contribution in [3.05, 3.63) is 33.3 Å². The van der Waals surface area contributed by atoms with Crippen LogP contribution < -0.4 is 10.5 Å². The lowest BCUT2D eigenvalue weighted by molar-refractivity contribution is -0.384. The van der Waals surface area contributed by atoms with Gasteiger partial charge in [0.15, 0.2) is 0 Å². The van der Waals surface area contributed by atoms with E-state index in [0.717, 1.165) is 0 Å². The Morgan fingerprint density at radius 3 is 2.76 bits per heavy atom. The summed E-state index contributed by atoms with van der Waals surface area (Å²) in [5.41, 5.74) is 5.01. The zero-order valence-corrected chi connectivity index (χ0v) is 12.6. The average Bonchev–Trinajstić information content (AvgIpc) is 2.42. The number of nitrogens with two attached hydrogens (primary N) is 1. The third kappa shape index (κ3) is 4.78. The average molecular weight is 316 g/mol. The normalized spacial score (nSPS) is 12.2. The minimum atomic E-state index is -0.550. The smallest absolute Gasteiger partial charge is 0.288 e. The molecule has 0 aliphatic rings. The zero-order valence-electron chi connectivity index (χ0n) is 11.9. The predicted molar refractivity (Wildman–Crippen MR) is 80.0 cm³/mol. The number of hydrogen-bond donors (Lipinski definition) is 2. The monoisotopic (exact) mass is 315 g/mol. The van der Waals surface area contributed by atoms with E-state index in [4.69, 9.17) is 27.3 Å². The molecule has 0 amide bonds. The van der Waals surface area contributed by atoms with Gasteiger partial charge in [0.2, 0.25) is 0 Å². The summed E-state index contributed by atoms with van der Waals surface area (Å²) in [5.74, 6) is 0.632. The standard InChI is InChI=1S/C13H18ClN3O4/c1-13(2,12(15)16-18)6-3-7-21-9-4-5-11(17(19)20)10(14)8-9/h4-5,8,18H,3,6-7H2,1-2H3,(H2,15,16). The number of nitro benzene ring substituents is 1. The van der Waals surface area contributed by atoms with Crippen molar-refractivity contribution in [3.63, 3.8) is 0 Å². The first-order valence-corrected chi connectivity index (χ1v) is 6.70. The topological polar surface area (TPSA) is 111 Å². The van der Waals surface area contributed by atoms with Crippen LogP contribution in [0.1, 0.15) is 26.7 Å². The van der Waals surface area contributed by atoms with Crippen LogP contribution in [0, 0.1) is 15.5 Å². The number of benzene rings is 1. The third-order valence-corrected chi connectivity index (χ3v) is 3.43. The van der Waals surface area contributed by atoms with E-state index < -0.39 is 10.3 Å². The van der Waals surface area contributed by atoms with Gasteiger partial charge in [-0.1, -0.05) is 30.6 Å². The summed E-state index contributed by atoms with van der Waals surface area (Å²) in [6.45, 7) is 4.13. The molecule has 0 saturated carbocycles. The molecule has 0 unspecified atom stereocenters. The maximum absolute atomic E-state index is 10.6. The van der Waals surface area contributed by atoms with Gasteiger partial charge in [0.25, 0.3) is 5.69 Å². The van der Waals surface area contributed by atoms with Crippen molar-refractivity contribution in [1.29, 1.82) is 0 Å². The second-order valence-corrected chi connectivity index (χ2v) is 5.60. The Hall–Kier alpha value is -2.02. The molecule has 0 heterocycles. The van der Waals surface area contributed by atoms with Gasteiger partial charge >= 0.3 is 0 Å². The van der Waals surface area contributed by atoms with Gasteiger partial charge in [-0.3, -0.25) is 10.1 Å². The van der Waals surface area contributed by atoms with Crippen LogP contribution in [0.2, 0.25) is 5.02 Å². The fraction of sp³-hybridized carbons (Fsp3) is 0.462. The van der Waals surface area contributed by atoms with Gasteiger partial charge in [-0.05, 0) is 18.9 Å². The SMILES string of the molecule is CC(C)(CCCOc1ccc([N+](=O)[O-])c(Cl)c1)C(N)=NO. The van der Waals surface area contributed by atoms with Gasteiger partial charge in [-0.15, -0.1) is 0 Å². The zero-order chi connectivity index (χ0) is 16.0. The maximum atomic E-state index is 10.6. The molecule has 8 heteroatoms. The van der Waals surface area contributed by atoms with Crippen LogP contribution in [-0.2, 0) is 0 Å². The number of nitro groups is 1. The van der Waals surface area contributed by atoms with E-state index in [9.17, 15) is 10.1 Å². The van der Waals surface area contributed by atoms with Gasteiger partial charge in [0.1, 0.15) is 16.6 Å². The molecule has 0 atom stereocenters. The molecule has 7 nitrogen and oxygen atoms in total. The van der Waals surface area contributed by atoms with Crippen molar-refractivity contribution in [2.75, 3.05) is 6.61 Å². The molecule has 1 aromatic rings. The van der Waals surface area contributed by atoms with E-state index in [0.29, 0.717) is 25.2 Å². The molecule has 116 valence electrons. The first-order chi connectivity index (χ1) is 9.77. The molecule has 0 bridgehead atoms. The Kier molecular flexibility index (Phi) is 5.78. The number of ether oxygens (including phenoxy) is 1. The van der Waals surface area contributed by atoms with Gasteiger partial charge in [0.05, 0.1) is 11.5 Å². The second-order valence-electron chi connectivity index (χ2n) is 5.19. The van der Waals surface area contributed by atoms with Crippen molar-refractivity contribution in [2.24, 2.45) is 16.3 Å². The van der Waals surface area contributed by atoms with Gasteiger partial charge in [0, 0.05) is 17.5 Å². The van der Waals surface area contributed by atoms with E-state index in [-0.39, 0.29) is 16.5 Å².